The second kappa shape index (κ2) is 7.61. The molecule has 1 aromatic carbocycles. The number of benzene rings is 1. The van der Waals surface area contributed by atoms with Crippen LogP contribution >= 0.6 is 0 Å². The second-order valence-corrected chi connectivity index (χ2v) is 4.77. The average Bonchev–Trinajstić information content (AvgIpc) is 2.53. The standard InChI is InChI=1S/C16H18O6/c1-20-12-6-5-11-9-13(16(19)22-14(11)10-12)15(18)21-8-4-2-3-7-17/h5-6,9-10,17H,2-4,7-8H2,1H3. The van der Waals surface area contributed by atoms with Crippen LogP contribution < -0.4 is 10.4 Å². The molecule has 0 aliphatic rings. The van der Waals surface area contributed by atoms with Crippen molar-refractivity contribution in [1.29, 1.82) is 0 Å². The highest BCUT2D eigenvalue weighted by Crippen LogP contribution is 2.20. The van der Waals surface area contributed by atoms with Gasteiger partial charge in [0.25, 0.3) is 0 Å². The van der Waals surface area contributed by atoms with Crippen LogP contribution in [-0.4, -0.2) is 31.4 Å². The number of aliphatic hydroxyl groups is 1. The van der Waals surface area contributed by atoms with Crippen molar-refractivity contribution in [3.8, 4) is 5.75 Å². The lowest BCUT2D eigenvalue weighted by Gasteiger charge is -2.05. The summed E-state index contributed by atoms with van der Waals surface area (Å²) in [6, 6.07) is 6.46. The van der Waals surface area contributed by atoms with Gasteiger partial charge in [0, 0.05) is 18.1 Å². The molecule has 0 saturated heterocycles. The Kier molecular flexibility index (Phi) is 5.55. The molecule has 0 spiro atoms. The van der Waals surface area contributed by atoms with Gasteiger partial charge in [-0.25, -0.2) is 9.59 Å². The van der Waals surface area contributed by atoms with Crippen LogP contribution in [0.4, 0.5) is 0 Å². The number of carbonyl (C=O) groups is 1. The Morgan fingerprint density at radius 2 is 2.05 bits per heavy atom. The van der Waals surface area contributed by atoms with Gasteiger partial charge >= 0.3 is 11.6 Å². The van der Waals surface area contributed by atoms with Gasteiger partial charge in [-0.15, -0.1) is 0 Å². The first kappa shape index (κ1) is 16.0. The molecule has 0 unspecified atom stereocenters. The van der Waals surface area contributed by atoms with E-state index in [-0.39, 0.29) is 18.8 Å². The molecule has 2 aromatic rings. The number of hydrogen-bond acceptors (Lipinski definition) is 6. The fourth-order valence-corrected chi connectivity index (χ4v) is 1.99. The lowest BCUT2D eigenvalue weighted by molar-refractivity contribution is 0.0492. The third kappa shape index (κ3) is 3.85. The largest absolute Gasteiger partial charge is 0.497 e. The number of hydrogen-bond donors (Lipinski definition) is 1. The number of esters is 1. The van der Waals surface area contributed by atoms with Gasteiger partial charge in [-0.1, -0.05) is 0 Å². The maximum atomic E-state index is 11.9. The van der Waals surface area contributed by atoms with Crippen molar-refractivity contribution in [3.63, 3.8) is 0 Å². The smallest absolute Gasteiger partial charge is 0.351 e. The molecule has 0 aliphatic carbocycles. The molecule has 0 saturated carbocycles. The van der Waals surface area contributed by atoms with Crippen molar-refractivity contribution in [1.82, 2.24) is 0 Å². The van der Waals surface area contributed by atoms with Crippen molar-refractivity contribution in [2.75, 3.05) is 20.3 Å². The fourth-order valence-electron chi connectivity index (χ4n) is 1.99. The van der Waals surface area contributed by atoms with Crippen molar-refractivity contribution in [2.45, 2.75) is 19.3 Å². The lowest BCUT2D eigenvalue weighted by Crippen LogP contribution is -2.17. The van der Waals surface area contributed by atoms with Crippen molar-refractivity contribution >= 4 is 16.9 Å². The SMILES string of the molecule is COc1ccc2cc(C(=O)OCCCCCO)c(=O)oc2c1. The maximum Gasteiger partial charge on any atom is 0.351 e. The summed E-state index contributed by atoms with van der Waals surface area (Å²) < 4.78 is 15.2. The van der Waals surface area contributed by atoms with Gasteiger partial charge in [0.1, 0.15) is 16.9 Å². The Labute approximate surface area is 127 Å². The topological polar surface area (TPSA) is 86.0 Å². The summed E-state index contributed by atoms with van der Waals surface area (Å²) in [5, 5.41) is 9.27. The van der Waals surface area contributed by atoms with Crippen LogP contribution in [0.25, 0.3) is 11.0 Å². The van der Waals surface area contributed by atoms with Crippen molar-refractivity contribution in [2.24, 2.45) is 0 Å². The summed E-state index contributed by atoms with van der Waals surface area (Å²) >= 11 is 0. The van der Waals surface area contributed by atoms with Crippen molar-refractivity contribution in [3.05, 3.63) is 40.2 Å². The third-order valence-electron chi connectivity index (χ3n) is 3.20. The van der Waals surface area contributed by atoms with Gasteiger partial charge in [-0.3, -0.25) is 0 Å². The molecule has 1 aromatic heterocycles. The fraction of sp³-hybridized carbons (Fsp3) is 0.375. The van der Waals surface area contributed by atoms with Gasteiger partial charge in [0.05, 0.1) is 13.7 Å². The number of methoxy groups -OCH3 is 1. The highest BCUT2D eigenvalue weighted by atomic mass is 16.5. The first-order chi connectivity index (χ1) is 10.7. The summed E-state index contributed by atoms with van der Waals surface area (Å²) in [5.74, 6) is -0.134. The molecular formula is C16H18O6. The van der Waals surface area contributed by atoms with E-state index in [4.69, 9.17) is 19.0 Å². The summed E-state index contributed by atoms with van der Waals surface area (Å²) in [5.41, 5.74) is -0.509. The quantitative estimate of drug-likeness (QED) is 0.479. The Morgan fingerprint density at radius 1 is 1.23 bits per heavy atom. The summed E-state index contributed by atoms with van der Waals surface area (Å²) in [6.45, 7) is 0.324. The van der Waals surface area contributed by atoms with E-state index < -0.39 is 11.6 Å². The van der Waals surface area contributed by atoms with E-state index in [0.717, 1.165) is 6.42 Å². The van der Waals surface area contributed by atoms with E-state index in [1.807, 2.05) is 0 Å². The second-order valence-electron chi connectivity index (χ2n) is 4.77. The number of rotatable bonds is 7. The Bertz CT molecular complexity index is 703. The molecular weight excluding hydrogens is 288 g/mol. The van der Waals surface area contributed by atoms with E-state index >= 15 is 0 Å². The molecule has 2 rings (SSSR count). The van der Waals surface area contributed by atoms with Gasteiger partial charge in [-0.05, 0) is 37.5 Å². The van der Waals surface area contributed by atoms with Crippen LogP contribution in [0.15, 0.2) is 33.5 Å². The summed E-state index contributed by atoms with van der Waals surface area (Å²) in [6.07, 6.45) is 2.07. The number of carbonyl (C=O) groups excluding carboxylic acids is 1. The highest BCUT2D eigenvalue weighted by molar-refractivity contribution is 5.93. The number of ether oxygens (including phenoxy) is 2. The number of aliphatic hydroxyl groups excluding tert-OH is 1. The maximum absolute atomic E-state index is 11.9. The normalized spacial score (nSPS) is 10.6. The predicted molar refractivity (Wildman–Crippen MR) is 80.3 cm³/mol. The minimum absolute atomic E-state index is 0.117. The molecule has 1 heterocycles. The molecule has 0 bridgehead atoms. The Balaban J connectivity index is 2.12. The molecule has 118 valence electrons. The van der Waals surface area contributed by atoms with E-state index in [9.17, 15) is 9.59 Å². The Morgan fingerprint density at radius 3 is 2.77 bits per heavy atom. The van der Waals surface area contributed by atoms with Gasteiger partial charge in [0.15, 0.2) is 0 Å². The van der Waals surface area contributed by atoms with E-state index in [2.05, 4.69) is 0 Å². The first-order valence-electron chi connectivity index (χ1n) is 7.05. The van der Waals surface area contributed by atoms with E-state index in [1.54, 1.807) is 18.2 Å². The van der Waals surface area contributed by atoms with Crippen LogP contribution in [0.5, 0.6) is 5.75 Å². The summed E-state index contributed by atoms with van der Waals surface area (Å²) in [7, 11) is 1.52. The molecule has 6 nitrogen and oxygen atoms in total. The zero-order chi connectivity index (χ0) is 15.9. The number of fused-ring (bicyclic) bond motifs is 1. The minimum Gasteiger partial charge on any atom is -0.497 e. The zero-order valence-electron chi connectivity index (χ0n) is 12.3. The van der Waals surface area contributed by atoms with Gasteiger partial charge in [-0.2, -0.15) is 0 Å². The minimum atomic E-state index is -0.735. The van der Waals surface area contributed by atoms with Gasteiger partial charge in [0.2, 0.25) is 0 Å². The predicted octanol–water partition coefficient (Wildman–Crippen LogP) is 2.12. The highest BCUT2D eigenvalue weighted by Gasteiger charge is 2.15. The Hall–Kier alpha value is -2.34. The van der Waals surface area contributed by atoms with Crippen LogP contribution in [0.3, 0.4) is 0 Å². The summed E-state index contributed by atoms with van der Waals surface area (Å²) in [4.78, 5) is 23.8. The molecule has 0 fully saturated rings. The average molecular weight is 306 g/mol. The monoisotopic (exact) mass is 306 g/mol. The van der Waals surface area contributed by atoms with Crippen molar-refractivity contribution < 1.29 is 23.8 Å². The third-order valence-corrected chi connectivity index (χ3v) is 3.20. The van der Waals surface area contributed by atoms with Crippen LogP contribution in [0.1, 0.15) is 29.6 Å². The van der Waals surface area contributed by atoms with E-state index in [1.165, 1.54) is 13.2 Å². The van der Waals surface area contributed by atoms with Crippen LogP contribution in [0.2, 0.25) is 0 Å². The molecule has 6 heteroatoms. The number of unbranched alkanes of at least 4 members (excludes halogenated alkanes) is 2. The lowest BCUT2D eigenvalue weighted by atomic mass is 10.2. The van der Waals surface area contributed by atoms with Crippen LogP contribution in [-0.2, 0) is 4.74 Å². The van der Waals surface area contributed by atoms with E-state index in [0.29, 0.717) is 29.6 Å². The van der Waals surface area contributed by atoms with Gasteiger partial charge < -0.3 is 19.0 Å². The molecule has 22 heavy (non-hydrogen) atoms. The molecule has 0 radical (unpaired) electrons. The molecule has 0 atom stereocenters. The zero-order valence-corrected chi connectivity index (χ0v) is 12.3. The molecule has 1 N–H and O–H groups in total. The molecule has 0 amide bonds. The molecule has 0 aliphatic heterocycles. The first-order valence-corrected chi connectivity index (χ1v) is 7.05. The van der Waals surface area contributed by atoms with Crippen LogP contribution in [0, 0.1) is 0 Å².